The summed E-state index contributed by atoms with van der Waals surface area (Å²) in [5.74, 6) is 0.462. The van der Waals surface area contributed by atoms with Gasteiger partial charge in [-0.3, -0.25) is 4.79 Å². The van der Waals surface area contributed by atoms with Crippen molar-refractivity contribution in [3.05, 3.63) is 16.8 Å². The van der Waals surface area contributed by atoms with Gasteiger partial charge in [-0.15, -0.1) is 0 Å². The zero-order chi connectivity index (χ0) is 12.4. The van der Waals surface area contributed by atoms with Crippen molar-refractivity contribution in [2.24, 2.45) is 0 Å². The molecule has 92 valence electrons. The van der Waals surface area contributed by atoms with Gasteiger partial charge < -0.3 is 15.4 Å². The summed E-state index contributed by atoms with van der Waals surface area (Å²) >= 11 is 5.91. The molecule has 0 atom stereocenters. The van der Waals surface area contributed by atoms with E-state index in [0.717, 1.165) is 5.56 Å². The van der Waals surface area contributed by atoms with Crippen LogP contribution in [0.25, 0.3) is 0 Å². The van der Waals surface area contributed by atoms with Crippen molar-refractivity contribution in [2.45, 2.75) is 19.9 Å². The molecular weight excluding hydrogens is 242 g/mol. The van der Waals surface area contributed by atoms with Gasteiger partial charge in [0.2, 0.25) is 5.91 Å². The van der Waals surface area contributed by atoms with E-state index >= 15 is 0 Å². The lowest BCUT2D eigenvalue weighted by Gasteiger charge is -2.28. The van der Waals surface area contributed by atoms with Crippen molar-refractivity contribution in [3.8, 4) is 0 Å². The number of ether oxygens (including phenoxy) is 1. The van der Waals surface area contributed by atoms with Gasteiger partial charge in [0.1, 0.15) is 5.15 Å². The summed E-state index contributed by atoms with van der Waals surface area (Å²) in [6.45, 7) is 4.63. The molecule has 1 aliphatic heterocycles. The number of carbonyl (C=O) groups is 1. The fourth-order valence-electron chi connectivity index (χ4n) is 1.58. The van der Waals surface area contributed by atoms with Crippen LogP contribution in [-0.2, 0) is 9.53 Å². The summed E-state index contributed by atoms with van der Waals surface area (Å²) in [5.41, 5.74) is 1.55. The van der Waals surface area contributed by atoms with Crippen molar-refractivity contribution >= 4 is 29.0 Å². The number of anilines is 2. The standard InChI is InChI=1S/C11H14ClN3O2/c1-6-3-9(12)15-11(10(6)13-7(2)16)14-8-4-17-5-8/h3,8H,4-5H2,1-2H3,(H,13,16)(H,14,15). The minimum atomic E-state index is -0.134. The van der Waals surface area contributed by atoms with Crippen LogP contribution in [0.2, 0.25) is 5.15 Å². The molecule has 0 aromatic carbocycles. The van der Waals surface area contributed by atoms with Crippen LogP contribution in [0.4, 0.5) is 11.5 Å². The highest BCUT2D eigenvalue weighted by Crippen LogP contribution is 2.28. The van der Waals surface area contributed by atoms with Crippen LogP contribution in [-0.4, -0.2) is 30.1 Å². The minimum absolute atomic E-state index is 0.134. The molecule has 1 aromatic rings. The van der Waals surface area contributed by atoms with Gasteiger partial charge >= 0.3 is 0 Å². The maximum atomic E-state index is 11.1. The van der Waals surface area contributed by atoms with E-state index in [2.05, 4.69) is 15.6 Å². The third-order valence-corrected chi connectivity index (χ3v) is 2.66. The highest BCUT2D eigenvalue weighted by molar-refractivity contribution is 6.29. The predicted octanol–water partition coefficient (Wildman–Crippen LogP) is 1.81. The lowest BCUT2D eigenvalue weighted by atomic mass is 10.2. The van der Waals surface area contributed by atoms with E-state index in [1.54, 1.807) is 6.07 Å². The molecule has 1 aromatic heterocycles. The minimum Gasteiger partial charge on any atom is -0.377 e. The quantitative estimate of drug-likeness (QED) is 0.809. The molecule has 0 unspecified atom stereocenters. The number of aryl methyl sites for hydroxylation is 1. The first kappa shape index (κ1) is 12.1. The molecule has 0 saturated carbocycles. The van der Waals surface area contributed by atoms with Crippen LogP contribution in [0, 0.1) is 6.92 Å². The Morgan fingerprint density at radius 1 is 1.59 bits per heavy atom. The topological polar surface area (TPSA) is 63.2 Å². The predicted molar refractivity (Wildman–Crippen MR) is 66.5 cm³/mol. The highest BCUT2D eigenvalue weighted by Gasteiger charge is 2.21. The first-order valence-corrected chi connectivity index (χ1v) is 5.73. The van der Waals surface area contributed by atoms with E-state index in [1.807, 2.05) is 6.92 Å². The molecule has 2 rings (SSSR count). The Balaban J connectivity index is 2.28. The molecule has 1 aliphatic rings. The number of pyridine rings is 1. The summed E-state index contributed by atoms with van der Waals surface area (Å²) in [4.78, 5) is 15.3. The molecule has 0 radical (unpaired) electrons. The Hall–Kier alpha value is -1.33. The van der Waals surface area contributed by atoms with Gasteiger partial charge in [0, 0.05) is 6.92 Å². The average molecular weight is 256 g/mol. The van der Waals surface area contributed by atoms with E-state index in [4.69, 9.17) is 16.3 Å². The Kier molecular flexibility index (Phi) is 3.49. The zero-order valence-electron chi connectivity index (χ0n) is 9.71. The first-order valence-electron chi connectivity index (χ1n) is 5.35. The largest absolute Gasteiger partial charge is 0.377 e. The van der Waals surface area contributed by atoms with Gasteiger partial charge in [-0.05, 0) is 18.6 Å². The number of aromatic nitrogens is 1. The number of nitrogens with zero attached hydrogens (tertiary/aromatic N) is 1. The van der Waals surface area contributed by atoms with Gasteiger partial charge in [-0.25, -0.2) is 4.98 Å². The number of nitrogens with one attached hydrogen (secondary N) is 2. The SMILES string of the molecule is CC(=O)Nc1c(C)cc(Cl)nc1NC1COC1. The van der Waals surface area contributed by atoms with Crippen LogP contribution in [0.15, 0.2) is 6.07 Å². The van der Waals surface area contributed by atoms with Gasteiger partial charge in [0.15, 0.2) is 5.82 Å². The Labute approximate surface area is 105 Å². The van der Waals surface area contributed by atoms with Gasteiger partial charge in [0.05, 0.1) is 24.9 Å². The molecule has 2 heterocycles. The first-order chi connectivity index (χ1) is 8.06. The summed E-state index contributed by atoms with van der Waals surface area (Å²) < 4.78 is 5.08. The molecule has 6 heteroatoms. The summed E-state index contributed by atoms with van der Waals surface area (Å²) in [5, 5.41) is 6.36. The Morgan fingerprint density at radius 3 is 2.82 bits per heavy atom. The third-order valence-electron chi connectivity index (χ3n) is 2.47. The zero-order valence-corrected chi connectivity index (χ0v) is 10.5. The van der Waals surface area contributed by atoms with Gasteiger partial charge in [-0.2, -0.15) is 0 Å². The van der Waals surface area contributed by atoms with Crippen LogP contribution in [0.3, 0.4) is 0 Å². The normalized spacial score (nSPS) is 15.2. The number of amides is 1. The van der Waals surface area contributed by atoms with E-state index in [-0.39, 0.29) is 11.9 Å². The molecule has 2 N–H and O–H groups in total. The molecular formula is C11H14ClN3O2. The lowest BCUT2D eigenvalue weighted by Crippen LogP contribution is -2.40. The number of hydrogen-bond donors (Lipinski definition) is 2. The number of halogens is 1. The maximum Gasteiger partial charge on any atom is 0.221 e. The number of carbonyl (C=O) groups excluding carboxylic acids is 1. The molecule has 1 amide bonds. The summed E-state index contributed by atoms with van der Waals surface area (Å²) in [6, 6.07) is 1.95. The average Bonchev–Trinajstić information content (AvgIpc) is 2.16. The third kappa shape index (κ3) is 2.87. The van der Waals surface area contributed by atoms with Crippen molar-refractivity contribution in [1.82, 2.24) is 4.98 Å². The fourth-order valence-corrected chi connectivity index (χ4v) is 1.83. The maximum absolute atomic E-state index is 11.1. The van der Waals surface area contributed by atoms with Crippen LogP contribution >= 0.6 is 11.6 Å². The van der Waals surface area contributed by atoms with Gasteiger partial charge in [-0.1, -0.05) is 11.6 Å². The molecule has 0 aliphatic carbocycles. The van der Waals surface area contributed by atoms with E-state index in [1.165, 1.54) is 6.92 Å². The van der Waals surface area contributed by atoms with Crippen molar-refractivity contribution in [2.75, 3.05) is 23.8 Å². The van der Waals surface area contributed by atoms with E-state index in [9.17, 15) is 4.79 Å². The van der Waals surface area contributed by atoms with Gasteiger partial charge in [0.25, 0.3) is 0 Å². The van der Waals surface area contributed by atoms with E-state index < -0.39 is 0 Å². The Bertz CT molecular complexity index is 447. The molecule has 17 heavy (non-hydrogen) atoms. The number of rotatable bonds is 3. The summed E-state index contributed by atoms with van der Waals surface area (Å²) in [6.07, 6.45) is 0. The summed E-state index contributed by atoms with van der Waals surface area (Å²) in [7, 11) is 0. The van der Waals surface area contributed by atoms with Crippen molar-refractivity contribution in [3.63, 3.8) is 0 Å². The highest BCUT2D eigenvalue weighted by atomic mass is 35.5. The van der Waals surface area contributed by atoms with Crippen LogP contribution in [0.5, 0.6) is 0 Å². The molecule has 0 bridgehead atoms. The molecule has 1 saturated heterocycles. The smallest absolute Gasteiger partial charge is 0.221 e. The number of hydrogen-bond acceptors (Lipinski definition) is 4. The van der Waals surface area contributed by atoms with Crippen molar-refractivity contribution < 1.29 is 9.53 Å². The van der Waals surface area contributed by atoms with E-state index in [0.29, 0.717) is 29.9 Å². The fraction of sp³-hybridized carbons (Fsp3) is 0.455. The van der Waals surface area contributed by atoms with Crippen molar-refractivity contribution in [1.29, 1.82) is 0 Å². The second kappa shape index (κ2) is 4.89. The second-order valence-corrected chi connectivity index (χ2v) is 4.43. The second-order valence-electron chi connectivity index (χ2n) is 4.05. The molecule has 1 fully saturated rings. The monoisotopic (exact) mass is 255 g/mol. The lowest BCUT2D eigenvalue weighted by molar-refractivity contribution is -0.114. The molecule has 0 spiro atoms. The van der Waals surface area contributed by atoms with Crippen LogP contribution in [0.1, 0.15) is 12.5 Å². The Morgan fingerprint density at radius 2 is 2.29 bits per heavy atom. The molecule has 5 nitrogen and oxygen atoms in total. The van der Waals surface area contributed by atoms with Crippen LogP contribution < -0.4 is 10.6 Å².